The molecule has 0 aliphatic carbocycles. The van der Waals surface area contributed by atoms with Gasteiger partial charge in [0.2, 0.25) is 0 Å². The molecule has 2 aromatic rings. The van der Waals surface area contributed by atoms with Gasteiger partial charge in [-0.05, 0) is 12.1 Å². The van der Waals surface area contributed by atoms with Crippen molar-refractivity contribution in [3.8, 4) is 5.75 Å². The van der Waals surface area contributed by atoms with Crippen LogP contribution in [-0.2, 0) is 0 Å². The molecule has 0 fully saturated rings. The standard InChI is InChI=1S/C7H5N2O2/c8-7-6-4(9-11-7)2-1-3-5(6)10/h1-3,8,10H. The minimum Gasteiger partial charge on any atom is -0.507 e. The monoisotopic (exact) mass is 149 g/mol. The van der Waals surface area contributed by atoms with Gasteiger partial charge < -0.3 is 9.63 Å². The summed E-state index contributed by atoms with van der Waals surface area (Å²) in [5.41, 5.74) is 7.70. The number of nitrogens with zero attached hydrogens (tertiary/aromatic N) is 1. The summed E-state index contributed by atoms with van der Waals surface area (Å²) in [6, 6.07) is 4.83. The molecule has 55 valence electrons. The molecule has 0 atom stereocenters. The van der Waals surface area contributed by atoms with Crippen molar-refractivity contribution in [3.05, 3.63) is 18.2 Å². The molecule has 0 unspecified atom stereocenters. The third kappa shape index (κ3) is 0.724. The molecule has 1 radical (unpaired) electrons. The lowest BCUT2D eigenvalue weighted by Crippen LogP contribution is -1.68. The lowest BCUT2D eigenvalue weighted by atomic mass is 10.2. The van der Waals surface area contributed by atoms with E-state index in [0.29, 0.717) is 10.9 Å². The third-order valence-electron chi connectivity index (χ3n) is 1.48. The first kappa shape index (κ1) is 6.03. The molecule has 2 rings (SSSR count). The topological polar surface area (TPSA) is 70.1 Å². The lowest BCUT2D eigenvalue weighted by Gasteiger charge is -1.89. The first-order valence-electron chi connectivity index (χ1n) is 3.08. The predicted molar refractivity (Wildman–Crippen MR) is 38.4 cm³/mol. The maximum atomic E-state index is 9.22. The number of aromatic hydroxyl groups is 1. The van der Waals surface area contributed by atoms with Crippen LogP contribution < -0.4 is 5.73 Å². The molecule has 0 aliphatic heterocycles. The number of aromatic nitrogens is 1. The zero-order valence-corrected chi connectivity index (χ0v) is 5.53. The van der Waals surface area contributed by atoms with Gasteiger partial charge in [0, 0.05) is 0 Å². The second-order valence-electron chi connectivity index (χ2n) is 2.18. The summed E-state index contributed by atoms with van der Waals surface area (Å²) in [7, 11) is 0. The lowest BCUT2D eigenvalue weighted by molar-refractivity contribution is 0.435. The van der Waals surface area contributed by atoms with E-state index in [1.54, 1.807) is 12.1 Å². The summed E-state index contributed by atoms with van der Waals surface area (Å²) in [5.74, 6) is -0.0631. The molecule has 0 spiro atoms. The maximum Gasteiger partial charge on any atom is 0.254 e. The van der Waals surface area contributed by atoms with E-state index in [1.807, 2.05) is 0 Å². The maximum absolute atomic E-state index is 9.22. The molecule has 0 aliphatic rings. The van der Waals surface area contributed by atoms with Crippen molar-refractivity contribution < 1.29 is 9.63 Å². The van der Waals surface area contributed by atoms with Gasteiger partial charge in [0.25, 0.3) is 5.88 Å². The highest BCUT2D eigenvalue weighted by Gasteiger charge is 2.08. The SMILES string of the molecule is [NH]c1onc2cccc(O)c12. The molecular formula is C7H5N2O2. The quantitative estimate of drug-likeness (QED) is 0.616. The van der Waals surface area contributed by atoms with Gasteiger partial charge in [-0.1, -0.05) is 11.2 Å². The van der Waals surface area contributed by atoms with Gasteiger partial charge >= 0.3 is 0 Å². The minimum atomic E-state index is -0.0990. The van der Waals surface area contributed by atoms with Crippen LogP contribution in [0.1, 0.15) is 0 Å². The van der Waals surface area contributed by atoms with Gasteiger partial charge in [-0.15, -0.1) is 0 Å². The summed E-state index contributed by atoms with van der Waals surface area (Å²) >= 11 is 0. The number of phenols is 1. The highest BCUT2D eigenvalue weighted by atomic mass is 16.5. The fourth-order valence-electron chi connectivity index (χ4n) is 0.977. The Hall–Kier alpha value is -1.71. The largest absolute Gasteiger partial charge is 0.507 e. The smallest absolute Gasteiger partial charge is 0.254 e. The van der Waals surface area contributed by atoms with Crippen molar-refractivity contribution >= 4 is 16.8 Å². The molecular weight excluding hydrogens is 144 g/mol. The fourth-order valence-corrected chi connectivity index (χ4v) is 0.977. The summed E-state index contributed by atoms with van der Waals surface area (Å²) in [4.78, 5) is 0. The van der Waals surface area contributed by atoms with E-state index in [9.17, 15) is 5.11 Å². The van der Waals surface area contributed by atoms with Crippen molar-refractivity contribution in [2.24, 2.45) is 0 Å². The van der Waals surface area contributed by atoms with Crippen molar-refractivity contribution in [1.82, 2.24) is 10.9 Å². The van der Waals surface area contributed by atoms with Crippen LogP contribution in [0.2, 0.25) is 0 Å². The Bertz CT molecular complexity index is 394. The van der Waals surface area contributed by atoms with Crippen LogP contribution in [0, 0.1) is 0 Å². The number of rotatable bonds is 0. The van der Waals surface area contributed by atoms with Gasteiger partial charge in [0.05, 0.1) is 0 Å². The molecule has 0 saturated carbocycles. The van der Waals surface area contributed by atoms with Gasteiger partial charge in [0.15, 0.2) is 0 Å². The van der Waals surface area contributed by atoms with E-state index in [2.05, 4.69) is 9.68 Å². The van der Waals surface area contributed by atoms with Crippen LogP contribution in [0.25, 0.3) is 10.9 Å². The number of hydrogen-bond donors (Lipinski definition) is 1. The average Bonchev–Trinajstić information content (AvgIpc) is 2.34. The number of phenolic OH excluding ortho intramolecular Hbond substituents is 1. The second kappa shape index (κ2) is 1.88. The Morgan fingerprint density at radius 3 is 3.00 bits per heavy atom. The Morgan fingerprint density at radius 2 is 2.27 bits per heavy atom. The molecule has 0 amide bonds. The van der Waals surface area contributed by atoms with Crippen LogP contribution in [-0.4, -0.2) is 10.3 Å². The molecule has 1 heterocycles. The molecule has 0 saturated heterocycles. The zero-order chi connectivity index (χ0) is 7.84. The number of benzene rings is 1. The van der Waals surface area contributed by atoms with Crippen molar-refractivity contribution in [1.29, 1.82) is 0 Å². The van der Waals surface area contributed by atoms with Crippen molar-refractivity contribution in [2.75, 3.05) is 0 Å². The van der Waals surface area contributed by atoms with Crippen LogP contribution in [0.5, 0.6) is 5.75 Å². The molecule has 1 aromatic carbocycles. The first-order valence-corrected chi connectivity index (χ1v) is 3.08. The molecule has 4 heteroatoms. The predicted octanol–water partition coefficient (Wildman–Crippen LogP) is 1.45. The zero-order valence-electron chi connectivity index (χ0n) is 5.53. The van der Waals surface area contributed by atoms with E-state index in [1.165, 1.54) is 6.07 Å². The minimum absolute atomic E-state index is 0.0359. The number of nitrogens with one attached hydrogen (secondary N) is 1. The third-order valence-corrected chi connectivity index (χ3v) is 1.48. The highest BCUT2D eigenvalue weighted by Crippen LogP contribution is 2.29. The van der Waals surface area contributed by atoms with Gasteiger partial charge in [-0.3, -0.25) is 5.73 Å². The van der Waals surface area contributed by atoms with Gasteiger partial charge in [-0.25, -0.2) is 0 Å². The van der Waals surface area contributed by atoms with E-state index in [4.69, 9.17) is 5.73 Å². The Kier molecular flexibility index (Phi) is 1.03. The Balaban J connectivity index is 2.96. The fraction of sp³-hybridized carbons (Fsp3) is 0. The normalized spacial score (nSPS) is 10.5. The van der Waals surface area contributed by atoms with Crippen LogP contribution in [0.15, 0.2) is 22.7 Å². The molecule has 11 heavy (non-hydrogen) atoms. The molecule has 4 nitrogen and oxygen atoms in total. The van der Waals surface area contributed by atoms with Crippen LogP contribution in [0.4, 0.5) is 5.88 Å². The Labute approximate surface area is 62.2 Å². The van der Waals surface area contributed by atoms with E-state index in [0.717, 1.165) is 0 Å². The number of fused-ring (bicyclic) bond motifs is 1. The van der Waals surface area contributed by atoms with E-state index < -0.39 is 0 Å². The molecule has 0 bridgehead atoms. The van der Waals surface area contributed by atoms with E-state index >= 15 is 0 Å². The highest BCUT2D eigenvalue weighted by molar-refractivity contribution is 5.91. The van der Waals surface area contributed by atoms with Gasteiger partial charge in [0.1, 0.15) is 16.7 Å². The van der Waals surface area contributed by atoms with Crippen molar-refractivity contribution in [3.63, 3.8) is 0 Å². The first-order chi connectivity index (χ1) is 5.29. The summed E-state index contributed by atoms with van der Waals surface area (Å²) in [6.45, 7) is 0. The van der Waals surface area contributed by atoms with Crippen molar-refractivity contribution in [2.45, 2.75) is 0 Å². The summed E-state index contributed by atoms with van der Waals surface area (Å²) in [6.07, 6.45) is 0. The van der Waals surface area contributed by atoms with Gasteiger partial charge in [-0.2, -0.15) is 0 Å². The molecule has 1 aromatic heterocycles. The molecule has 2 N–H and O–H groups in total. The summed E-state index contributed by atoms with van der Waals surface area (Å²) < 4.78 is 4.55. The number of hydrogen-bond acceptors (Lipinski definition) is 3. The summed E-state index contributed by atoms with van der Waals surface area (Å²) in [5, 5.41) is 13.1. The van der Waals surface area contributed by atoms with E-state index in [-0.39, 0.29) is 11.6 Å². The van der Waals surface area contributed by atoms with Crippen LogP contribution >= 0.6 is 0 Å². The average molecular weight is 149 g/mol. The second-order valence-corrected chi connectivity index (χ2v) is 2.18. The Morgan fingerprint density at radius 1 is 1.45 bits per heavy atom. The van der Waals surface area contributed by atoms with Crippen LogP contribution in [0.3, 0.4) is 0 Å².